The van der Waals surface area contributed by atoms with Crippen LogP contribution in [0, 0.1) is 5.82 Å². The molecule has 0 radical (unpaired) electrons. The van der Waals surface area contributed by atoms with Crippen molar-refractivity contribution < 1.29 is 4.39 Å². The van der Waals surface area contributed by atoms with Gasteiger partial charge in [0.2, 0.25) is 0 Å². The van der Waals surface area contributed by atoms with Crippen molar-refractivity contribution in [3.63, 3.8) is 0 Å². The van der Waals surface area contributed by atoms with Crippen LogP contribution in [-0.4, -0.2) is 0 Å². The third kappa shape index (κ3) is 2.20. The first-order valence-electron chi connectivity index (χ1n) is 4.42. The number of nitrogens with two attached hydrogens (primary N) is 1. The summed E-state index contributed by atoms with van der Waals surface area (Å²) in [4.78, 5) is 1.01. The summed E-state index contributed by atoms with van der Waals surface area (Å²) in [6, 6.07) is 8.23. The van der Waals surface area contributed by atoms with E-state index < -0.39 is 5.82 Å². The molecule has 78 valence electrons. The molecule has 0 saturated carbocycles. The Balaban J connectivity index is 2.34. The van der Waals surface area contributed by atoms with Crippen LogP contribution in [0.1, 0.15) is 16.5 Å². The Kier molecular flexibility index (Phi) is 3.05. The van der Waals surface area contributed by atoms with Crippen LogP contribution in [0.4, 0.5) is 4.39 Å². The van der Waals surface area contributed by atoms with E-state index in [-0.39, 0.29) is 11.1 Å². The van der Waals surface area contributed by atoms with Gasteiger partial charge < -0.3 is 5.73 Å². The lowest BCUT2D eigenvalue weighted by molar-refractivity contribution is 0.624. The van der Waals surface area contributed by atoms with E-state index in [1.165, 1.54) is 12.1 Å². The molecule has 2 N–H and O–H groups in total. The Hall–Kier alpha value is -0.900. The zero-order chi connectivity index (χ0) is 10.8. The quantitative estimate of drug-likeness (QED) is 0.855. The fraction of sp³-hybridized carbons (Fsp3) is 0.0909. The largest absolute Gasteiger partial charge is 0.320 e. The van der Waals surface area contributed by atoms with Crippen molar-refractivity contribution in [2.24, 2.45) is 5.73 Å². The molecular weight excluding hydrogens is 233 g/mol. The molecule has 1 aromatic carbocycles. The Morgan fingerprint density at radius 1 is 1.33 bits per heavy atom. The summed E-state index contributed by atoms with van der Waals surface area (Å²) in [5, 5.41) is 2.07. The fourth-order valence-electron chi connectivity index (χ4n) is 1.34. The van der Waals surface area contributed by atoms with Crippen molar-refractivity contribution in [1.29, 1.82) is 0 Å². The van der Waals surface area contributed by atoms with Crippen LogP contribution in [-0.2, 0) is 0 Å². The van der Waals surface area contributed by atoms with Crippen molar-refractivity contribution in [1.82, 2.24) is 0 Å². The van der Waals surface area contributed by atoms with E-state index in [1.54, 1.807) is 17.4 Å². The molecule has 0 spiro atoms. The molecule has 4 heteroatoms. The summed E-state index contributed by atoms with van der Waals surface area (Å²) < 4.78 is 13.2. The Morgan fingerprint density at radius 3 is 2.73 bits per heavy atom. The summed E-state index contributed by atoms with van der Waals surface area (Å²) in [5.41, 5.74) is 6.72. The van der Waals surface area contributed by atoms with Gasteiger partial charge in [0.25, 0.3) is 0 Å². The number of hydrogen-bond acceptors (Lipinski definition) is 2. The molecule has 1 heterocycles. The first-order valence-corrected chi connectivity index (χ1v) is 5.68. The fourth-order valence-corrected chi connectivity index (χ4v) is 2.21. The molecule has 0 aliphatic heterocycles. The van der Waals surface area contributed by atoms with Crippen LogP contribution >= 0.6 is 22.9 Å². The smallest absolute Gasteiger partial charge is 0.142 e. The van der Waals surface area contributed by atoms with E-state index >= 15 is 0 Å². The SMILES string of the molecule is N[C@@H](c1ccc(Cl)c(F)c1)c1cccs1. The average molecular weight is 242 g/mol. The van der Waals surface area contributed by atoms with Crippen LogP contribution in [0.25, 0.3) is 0 Å². The minimum Gasteiger partial charge on any atom is -0.320 e. The third-order valence-corrected chi connectivity index (χ3v) is 3.41. The van der Waals surface area contributed by atoms with Gasteiger partial charge >= 0.3 is 0 Å². The van der Waals surface area contributed by atoms with Gasteiger partial charge in [0.15, 0.2) is 0 Å². The monoisotopic (exact) mass is 241 g/mol. The first-order chi connectivity index (χ1) is 7.18. The van der Waals surface area contributed by atoms with E-state index in [0.717, 1.165) is 10.4 Å². The second kappa shape index (κ2) is 4.31. The molecule has 1 aromatic heterocycles. The van der Waals surface area contributed by atoms with Gasteiger partial charge in [-0.1, -0.05) is 23.7 Å². The van der Waals surface area contributed by atoms with Crippen LogP contribution < -0.4 is 5.73 Å². The van der Waals surface area contributed by atoms with Gasteiger partial charge in [-0.2, -0.15) is 0 Å². The van der Waals surface area contributed by atoms with Crippen molar-refractivity contribution in [3.05, 3.63) is 57.0 Å². The molecule has 2 aromatic rings. The van der Waals surface area contributed by atoms with Gasteiger partial charge in [0.1, 0.15) is 5.82 Å². The second-order valence-electron chi connectivity index (χ2n) is 3.17. The Labute approximate surface area is 96.3 Å². The summed E-state index contributed by atoms with van der Waals surface area (Å²) in [6.07, 6.45) is 0. The first kappa shape index (κ1) is 10.6. The van der Waals surface area contributed by atoms with Gasteiger partial charge in [-0.25, -0.2) is 4.39 Å². The van der Waals surface area contributed by atoms with Crippen LogP contribution in [0.5, 0.6) is 0 Å². The zero-order valence-electron chi connectivity index (χ0n) is 7.78. The molecule has 0 saturated heterocycles. The van der Waals surface area contributed by atoms with E-state index in [4.69, 9.17) is 17.3 Å². The summed E-state index contributed by atoms with van der Waals surface area (Å²) >= 11 is 7.15. The van der Waals surface area contributed by atoms with Crippen molar-refractivity contribution >= 4 is 22.9 Å². The number of halogens is 2. The third-order valence-electron chi connectivity index (χ3n) is 2.15. The molecule has 0 aliphatic rings. The highest BCUT2D eigenvalue weighted by Crippen LogP contribution is 2.26. The van der Waals surface area contributed by atoms with E-state index in [0.29, 0.717) is 0 Å². The molecule has 2 rings (SSSR count). The molecular formula is C11H9ClFNS. The molecule has 15 heavy (non-hydrogen) atoms. The maximum Gasteiger partial charge on any atom is 0.142 e. The van der Waals surface area contributed by atoms with E-state index in [2.05, 4.69) is 0 Å². The lowest BCUT2D eigenvalue weighted by atomic mass is 10.1. The average Bonchev–Trinajstić information content (AvgIpc) is 2.74. The van der Waals surface area contributed by atoms with Crippen molar-refractivity contribution in [2.45, 2.75) is 6.04 Å². The van der Waals surface area contributed by atoms with Crippen LogP contribution in [0.15, 0.2) is 35.7 Å². The lowest BCUT2D eigenvalue weighted by Gasteiger charge is -2.10. The molecule has 1 atom stereocenters. The minimum atomic E-state index is -0.429. The molecule has 0 bridgehead atoms. The number of rotatable bonds is 2. The summed E-state index contributed by atoms with van der Waals surface area (Å²) in [6.45, 7) is 0. The van der Waals surface area contributed by atoms with Crippen molar-refractivity contribution in [2.75, 3.05) is 0 Å². The summed E-state index contributed by atoms with van der Waals surface area (Å²) in [7, 11) is 0. The van der Waals surface area contributed by atoms with Gasteiger partial charge in [-0.05, 0) is 29.1 Å². The molecule has 0 fully saturated rings. The van der Waals surface area contributed by atoms with Gasteiger partial charge in [-0.3, -0.25) is 0 Å². The topological polar surface area (TPSA) is 26.0 Å². The molecule has 0 amide bonds. The van der Waals surface area contributed by atoms with Gasteiger partial charge in [-0.15, -0.1) is 11.3 Å². The molecule has 1 nitrogen and oxygen atoms in total. The maximum absolute atomic E-state index is 13.2. The predicted octanol–water partition coefficient (Wildman–Crippen LogP) is 3.59. The van der Waals surface area contributed by atoms with Gasteiger partial charge in [0.05, 0.1) is 11.1 Å². The summed E-state index contributed by atoms with van der Waals surface area (Å²) in [5.74, 6) is -0.429. The zero-order valence-corrected chi connectivity index (χ0v) is 9.36. The maximum atomic E-state index is 13.2. The van der Waals surface area contributed by atoms with E-state index in [1.807, 2.05) is 17.5 Å². The number of benzene rings is 1. The molecule has 0 aliphatic carbocycles. The molecule has 0 unspecified atom stereocenters. The highest BCUT2D eigenvalue weighted by Gasteiger charge is 2.11. The van der Waals surface area contributed by atoms with Crippen LogP contribution in [0.3, 0.4) is 0 Å². The van der Waals surface area contributed by atoms with Gasteiger partial charge in [0, 0.05) is 4.88 Å². The van der Waals surface area contributed by atoms with Crippen molar-refractivity contribution in [3.8, 4) is 0 Å². The normalized spacial score (nSPS) is 12.7. The highest BCUT2D eigenvalue weighted by atomic mass is 35.5. The number of thiophene rings is 1. The highest BCUT2D eigenvalue weighted by molar-refractivity contribution is 7.10. The van der Waals surface area contributed by atoms with E-state index in [9.17, 15) is 4.39 Å². The Morgan fingerprint density at radius 2 is 2.13 bits per heavy atom. The predicted molar refractivity (Wildman–Crippen MR) is 61.8 cm³/mol. The second-order valence-corrected chi connectivity index (χ2v) is 4.55. The van der Waals surface area contributed by atoms with Crippen LogP contribution in [0.2, 0.25) is 5.02 Å². The lowest BCUT2D eigenvalue weighted by Crippen LogP contribution is -2.10. The number of hydrogen-bond donors (Lipinski definition) is 1. The minimum absolute atomic E-state index is 0.122. The Bertz CT molecular complexity index is 456. The standard InChI is InChI=1S/C11H9ClFNS/c12-8-4-3-7(6-9(8)13)11(14)10-2-1-5-15-10/h1-6,11H,14H2/t11-/m0/s1.